The molecule has 0 aliphatic heterocycles. The van der Waals surface area contributed by atoms with Gasteiger partial charge in [-0.25, -0.2) is 0 Å². The standard InChI is InChI=1S/C21H30O/c1-4-14-6-8-18-17-7-5-15-13-16(22)9-11-21(15,3)19(17)10-12-20(14,18)2/h1,13-14,16-19,22H,5-12H2,2-3H3/t14-,16?,17-,18-,19-,20+,21-/m0/s1. The van der Waals surface area contributed by atoms with E-state index in [0.29, 0.717) is 16.7 Å². The third-order valence-electron chi connectivity index (χ3n) is 8.29. The van der Waals surface area contributed by atoms with Crippen molar-refractivity contribution in [3.8, 4) is 12.3 Å². The fourth-order valence-corrected chi connectivity index (χ4v) is 6.98. The van der Waals surface area contributed by atoms with Crippen LogP contribution in [0, 0.1) is 46.8 Å². The number of allylic oxidation sites excluding steroid dienone is 1. The maximum atomic E-state index is 10.0. The van der Waals surface area contributed by atoms with Gasteiger partial charge in [0.1, 0.15) is 0 Å². The van der Waals surface area contributed by atoms with E-state index in [1.807, 2.05) is 0 Å². The first-order valence-corrected chi connectivity index (χ1v) is 9.34. The van der Waals surface area contributed by atoms with Crippen LogP contribution in [0.25, 0.3) is 0 Å². The molecule has 1 N–H and O–H groups in total. The van der Waals surface area contributed by atoms with Crippen molar-refractivity contribution >= 4 is 0 Å². The topological polar surface area (TPSA) is 20.2 Å². The molecule has 0 spiro atoms. The summed E-state index contributed by atoms with van der Waals surface area (Å²) in [4.78, 5) is 0. The summed E-state index contributed by atoms with van der Waals surface area (Å²) in [6.07, 6.45) is 17.8. The molecule has 120 valence electrons. The minimum Gasteiger partial charge on any atom is -0.389 e. The molecule has 1 nitrogen and oxygen atoms in total. The molecule has 3 fully saturated rings. The molecule has 0 aromatic rings. The highest BCUT2D eigenvalue weighted by Crippen LogP contribution is 2.66. The van der Waals surface area contributed by atoms with Gasteiger partial charge >= 0.3 is 0 Å². The van der Waals surface area contributed by atoms with Crippen LogP contribution in [0.2, 0.25) is 0 Å². The average Bonchev–Trinajstić information content (AvgIpc) is 2.84. The molecule has 7 atom stereocenters. The van der Waals surface area contributed by atoms with Crippen molar-refractivity contribution in [2.75, 3.05) is 0 Å². The van der Waals surface area contributed by atoms with Crippen LogP contribution in [-0.4, -0.2) is 11.2 Å². The Morgan fingerprint density at radius 2 is 1.91 bits per heavy atom. The zero-order valence-electron chi connectivity index (χ0n) is 14.1. The summed E-state index contributed by atoms with van der Waals surface area (Å²) < 4.78 is 0. The maximum absolute atomic E-state index is 10.0. The van der Waals surface area contributed by atoms with Gasteiger partial charge in [-0.15, -0.1) is 12.3 Å². The van der Waals surface area contributed by atoms with E-state index >= 15 is 0 Å². The Morgan fingerprint density at radius 3 is 2.68 bits per heavy atom. The van der Waals surface area contributed by atoms with Crippen LogP contribution in [0.4, 0.5) is 0 Å². The predicted octanol–water partition coefficient (Wildman–Crippen LogP) is 4.56. The Morgan fingerprint density at radius 1 is 1.09 bits per heavy atom. The van der Waals surface area contributed by atoms with Crippen molar-refractivity contribution in [2.45, 2.75) is 71.3 Å². The molecular formula is C21H30O. The number of terminal acetylenes is 1. The molecule has 4 aliphatic carbocycles. The normalized spacial score (nSPS) is 53.7. The lowest BCUT2D eigenvalue weighted by atomic mass is 9.47. The molecule has 0 heterocycles. The second kappa shape index (κ2) is 4.88. The van der Waals surface area contributed by atoms with Gasteiger partial charge < -0.3 is 5.11 Å². The second-order valence-corrected chi connectivity index (χ2v) is 8.97. The van der Waals surface area contributed by atoms with E-state index in [1.54, 1.807) is 5.57 Å². The molecule has 4 aliphatic rings. The minimum atomic E-state index is -0.189. The molecule has 0 amide bonds. The first-order valence-electron chi connectivity index (χ1n) is 9.34. The lowest BCUT2D eigenvalue weighted by Crippen LogP contribution is -2.50. The number of rotatable bonds is 0. The third-order valence-corrected chi connectivity index (χ3v) is 8.29. The highest BCUT2D eigenvalue weighted by atomic mass is 16.3. The first kappa shape index (κ1) is 14.8. The van der Waals surface area contributed by atoms with Gasteiger partial charge in [-0.2, -0.15) is 0 Å². The summed E-state index contributed by atoms with van der Waals surface area (Å²) in [5.74, 6) is 6.18. The van der Waals surface area contributed by atoms with Gasteiger partial charge in [0.2, 0.25) is 0 Å². The first-order chi connectivity index (χ1) is 10.5. The van der Waals surface area contributed by atoms with Crippen molar-refractivity contribution in [1.29, 1.82) is 0 Å². The van der Waals surface area contributed by atoms with Crippen LogP contribution in [0.15, 0.2) is 11.6 Å². The highest BCUT2D eigenvalue weighted by Gasteiger charge is 2.58. The number of aliphatic hydroxyl groups is 1. The zero-order chi connectivity index (χ0) is 15.5. The van der Waals surface area contributed by atoms with E-state index in [-0.39, 0.29) is 6.10 Å². The molecular weight excluding hydrogens is 268 g/mol. The second-order valence-electron chi connectivity index (χ2n) is 8.97. The van der Waals surface area contributed by atoms with Gasteiger partial charge in [-0.3, -0.25) is 0 Å². The van der Waals surface area contributed by atoms with Gasteiger partial charge in [0.25, 0.3) is 0 Å². The number of hydrogen-bond donors (Lipinski definition) is 1. The fourth-order valence-electron chi connectivity index (χ4n) is 6.98. The Kier molecular flexibility index (Phi) is 3.29. The van der Waals surface area contributed by atoms with E-state index in [4.69, 9.17) is 6.42 Å². The molecule has 0 radical (unpaired) electrons. The molecule has 0 aromatic heterocycles. The molecule has 0 saturated heterocycles. The molecule has 0 aromatic carbocycles. The van der Waals surface area contributed by atoms with Crippen LogP contribution in [0.5, 0.6) is 0 Å². The largest absolute Gasteiger partial charge is 0.389 e. The fraction of sp³-hybridized carbons (Fsp3) is 0.810. The molecule has 1 unspecified atom stereocenters. The minimum absolute atomic E-state index is 0.189. The Labute approximate surface area is 135 Å². The molecule has 0 bridgehead atoms. The predicted molar refractivity (Wildman–Crippen MR) is 90.0 cm³/mol. The van der Waals surface area contributed by atoms with Crippen LogP contribution in [0.1, 0.15) is 65.2 Å². The van der Waals surface area contributed by atoms with Gasteiger partial charge in [-0.1, -0.05) is 25.5 Å². The van der Waals surface area contributed by atoms with Crippen molar-refractivity contribution in [3.05, 3.63) is 11.6 Å². The lowest BCUT2D eigenvalue weighted by Gasteiger charge is -2.58. The zero-order valence-corrected chi connectivity index (χ0v) is 14.1. The summed E-state index contributed by atoms with van der Waals surface area (Å²) in [6, 6.07) is 0. The van der Waals surface area contributed by atoms with Crippen LogP contribution in [-0.2, 0) is 0 Å². The Bertz CT molecular complexity index is 541. The molecule has 3 saturated carbocycles. The van der Waals surface area contributed by atoms with E-state index in [2.05, 4.69) is 25.8 Å². The lowest BCUT2D eigenvalue weighted by molar-refractivity contribution is -0.0486. The van der Waals surface area contributed by atoms with E-state index in [9.17, 15) is 5.11 Å². The summed E-state index contributed by atoms with van der Waals surface area (Å²) in [6.45, 7) is 4.99. The smallest absolute Gasteiger partial charge is 0.0724 e. The van der Waals surface area contributed by atoms with E-state index in [0.717, 1.165) is 24.2 Å². The Balaban J connectivity index is 1.67. The summed E-state index contributed by atoms with van der Waals surface area (Å²) in [5, 5.41) is 10.0. The van der Waals surface area contributed by atoms with Gasteiger partial charge in [0.05, 0.1) is 6.10 Å². The number of fused-ring (bicyclic) bond motifs is 5. The molecule has 1 heteroatoms. The van der Waals surface area contributed by atoms with Crippen LogP contribution in [0.3, 0.4) is 0 Å². The average molecular weight is 298 g/mol. The number of hydrogen-bond acceptors (Lipinski definition) is 1. The van der Waals surface area contributed by atoms with Gasteiger partial charge in [0, 0.05) is 5.92 Å². The van der Waals surface area contributed by atoms with E-state index in [1.165, 1.54) is 44.9 Å². The van der Waals surface area contributed by atoms with Gasteiger partial charge in [0.15, 0.2) is 0 Å². The SMILES string of the molecule is C#C[C@H]1CC[C@H]2[C@@H]3CCC4=CC(O)CC[C@]4(C)[C@H]3CC[C@]12C. The third kappa shape index (κ3) is 1.83. The summed E-state index contributed by atoms with van der Waals surface area (Å²) >= 11 is 0. The van der Waals surface area contributed by atoms with E-state index < -0.39 is 0 Å². The van der Waals surface area contributed by atoms with Gasteiger partial charge in [-0.05, 0) is 80.0 Å². The van der Waals surface area contributed by atoms with Crippen molar-refractivity contribution < 1.29 is 5.11 Å². The number of aliphatic hydroxyl groups excluding tert-OH is 1. The van der Waals surface area contributed by atoms with Crippen LogP contribution < -0.4 is 0 Å². The summed E-state index contributed by atoms with van der Waals surface area (Å²) in [7, 11) is 0. The summed E-state index contributed by atoms with van der Waals surface area (Å²) in [5.41, 5.74) is 2.34. The van der Waals surface area contributed by atoms with Crippen molar-refractivity contribution in [2.24, 2.45) is 34.5 Å². The van der Waals surface area contributed by atoms with Crippen LogP contribution >= 0.6 is 0 Å². The molecule has 4 rings (SSSR count). The quantitative estimate of drug-likeness (QED) is 0.513. The maximum Gasteiger partial charge on any atom is 0.0724 e. The highest BCUT2D eigenvalue weighted by molar-refractivity contribution is 5.26. The monoisotopic (exact) mass is 298 g/mol. The molecule has 22 heavy (non-hydrogen) atoms. The van der Waals surface area contributed by atoms with Crippen molar-refractivity contribution in [1.82, 2.24) is 0 Å². The van der Waals surface area contributed by atoms with Crippen molar-refractivity contribution in [3.63, 3.8) is 0 Å². The Hall–Kier alpha value is -0.740.